The number of nitrogens with zero attached hydrogens (tertiary/aromatic N) is 1. The van der Waals surface area contributed by atoms with E-state index >= 15 is 0 Å². The highest BCUT2D eigenvalue weighted by Gasteiger charge is 2.14. The Morgan fingerprint density at radius 2 is 2.11 bits per heavy atom. The number of rotatable bonds is 7. The van der Waals surface area contributed by atoms with Crippen LogP contribution in [0.3, 0.4) is 0 Å². The molecule has 0 saturated carbocycles. The molecular weight excluding hydrogens is 244 g/mol. The maximum Gasteiger partial charge on any atom is 0.233 e. The van der Waals surface area contributed by atoms with Gasteiger partial charge in [0.05, 0.1) is 6.54 Å². The molecule has 0 heterocycles. The molecule has 1 rings (SSSR count). The van der Waals surface area contributed by atoms with Crippen molar-refractivity contribution in [2.24, 2.45) is 10.9 Å². The Bertz CT molecular complexity index is 420. The fourth-order valence-corrected chi connectivity index (χ4v) is 1.72. The van der Waals surface area contributed by atoms with E-state index in [0.717, 1.165) is 5.56 Å². The van der Waals surface area contributed by atoms with Crippen molar-refractivity contribution in [3.63, 3.8) is 0 Å². The lowest BCUT2D eigenvalue weighted by Crippen LogP contribution is -2.36. The van der Waals surface area contributed by atoms with Gasteiger partial charge >= 0.3 is 0 Å². The number of amides is 1. The number of hydrogen-bond donors (Lipinski definition) is 4. The van der Waals surface area contributed by atoms with Gasteiger partial charge < -0.3 is 21.6 Å². The van der Waals surface area contributed by atoms with Gasteiger partial charge in [0.1, 0.15) is 5.84 Å². The van der Waals surface area contributed by atoms with E-state index in [-0.39, 0.29) is 24.3 Å². The molecule has 0 aromatic heterocycles. The van der Waals surface area contributed by atoms with Crippen molar-refractivity contribution in [3.05, 3.63) is 35.9 Å². The normalized spacial score (nSPS) is 13.0. The highest BCUT2D eigenvalue weighted by molar-refractivity contribution is 5.81. The lowest BCUT2D eigenvalue weighted by molar-refractivity contribution is -0.120. The summed E-state index contributed by atoms with van der Waals surface area (Å²) in [5, 5.41) is 17.4. The zero-order valence-corrected chi connectivity index (χ0v) is 11.0. The van der Waals surface area contributed by atoms with Crippen molar-refractivity contribution < 1.29 is 10.0 Å². The second kappa shape index (κ2) is 8.10. The molecule has 1 aromatic rings. The number of likely N-dealkylation sites (N-methyl/N-ethyl adjacent to an activating group) is 1. The van der Waals surface area contributed by atoms with Crippen molar-refractivity contribution in [2.75, 3.05) is 13.1 Å². The Balaban J connectivity index is 2.68. The number of nitrogens with one attached hydrogen (secondary N) is 2. The number of benzene rings is 1. The lowest BCUT2D eigenvalue weighted by Gasteiger charge is -2.18. The molecule has 6 nitrogen and oxygen atoms in total. The molecule has 0 aliphatic rings. The Labute approximate surface area is 112 Å². The van der Waals surface area contributed by atoms with Gasteiger partial charge in [-0.25, -0.2) is 0 Å². The predicted octanol–water partition coefficient (Wildman–Crippen LogP) is 0.590. The van der Waals surface area contributed by atoms with Crippen molar-refractivity contribution in [1.82, 2.24) is 10.6 Å². The Hall–Kier alpha value is -2.08. The van der Waals surface area contributed by atoms with Crippen LogP contribution in [0.5, 0.6) is 0 Å². The maximum atomic E-state index is 11.4. The van der Waals surface area contributed by atoms with Gasteiger partial charge in [0.25, 0.3) is 0 Å². The summed E-state index contributed by atoms with van der Waals surface area (Å²) in [6, 6.07) is 9.42. The van der Waals surface area contributed by atoms with Gasteiger partial charge in [-0.05, 0) is 12.5 Å². The molecule has 1 amide bonds. The number of nitrogens with two attached hydrogens (primary N) is 1. The summed E-state index contributed by atoms with van der Waals surface area (Å²) in [4.78, 5) is 11.4. The van der Waals surface area contributed by atoms with Gasteiger partial charge in [-0.3, -0.25) is 4.79 Å². The SMILES string of the molecule is CCNC(=O)CNC(CC(N)=NO)c1ccccc1. The van der Waals surface area contributed by atoms with Gasteiger partial charge in [-0.15, -0.1) is 0 Å². The first-order valence-corrected chi connectivity index (χ1v) is 6.18. The molecule has 0 aliphatic carbocycles. The third-order valence-electron chi connectivity index (χ3n) is 2.63. The fraction of sp³-hybridized carbons (Fsp3) is 0.385. The van der Waals surface area contributed by atoms with Crippen LogP contribution < -0.4 is 16.4 Å². The Morgan fingerprint density at radius 3 is 2.68 bits per heavy atom. The lowest BCUT2D eigenvalue weighted by atomic mass is 10.0. The maximum absolute atomic E-state index is 11.4. The van der Waals surface area contributed by atoms with E-state index in [9.17, 15) is 4.79 Å². The molecule has 6 heteroatoms. The summed E-state index contributed by atoms with van der Waals surface area (Å²) in [5.41, 5.74) is 6.52. The monoisotopic (exact) mass is 264 g/mol. The number of hydrogen-bond acceptors (Lipinski definition) is 4. The van der Waals surface area contributed by atoms with Gasteiger partial charge in [-0.1, -0.05) is 35.5 Å². The summed E-state index contributed by atoms with van der Waals surface area (Å²) in [7, 11) is 0. The van der Waals surface area contributed by atoms with E-state index in [1.54, 1.807) is 0 Å². The van der Waals surface area contributed by atoms with Crippen LogP contribution in [-0.4, -0.2) is 30.0 Å². The first-order chi connectivity index (χ1) is 9.17. The molecule has 0 saturated heterocycles. The zero-order valence-electron chi connectivity index (χ0n) is 11.0. The standard InChI is InChI=1S/C13H20N4O2/c1-2-15-13(18)9-16-11(8-12(14)17-19)10-6-4-3-5-7-10/h3-7,11,16,19H,2,8-9H2,1H3,(H2,14,17)(H,15,18). The van der Waals surface area contributed by atoms with Crippen LogP contribution in [0.2, 0.25) is 0 Å². The van der Waals surface area contributed by atoms with Crippen LogP contribution in [0, 0.1) is 0 Å². The van der Waals surface area contributed by atoms with Gasteiger partial charge in [-0.2, -0.15) is 0 Å². The molecule has 0 bridgehead atoms. The average Bonchev–Trinajstić information content (AvgIpc) is 2.44. The van der Waals surface area contributed by atoms with Gasteiger partial charge in [0.15, 0.2) is 0 Å². The van der Waals surface area contributed by atoms with E-state index in [4.69, 9.17) is 10.9 Å². The van der Waals surface area contributed by atoms with Gasteiger partial charge in [0.2, 0.25) is 5.91 Å². The third kappa shape index (κ3) is 5.39. The molecule has 1 aromatic carbocycles. The molecule has 0 radical (unpaired) electrons. The number of carbonyl (C=O) groups is 1. The van der Waals surface area contributed by atoms with Crippen molar-refractivity contribution in [1.29, 1.82) is 0 Å². The quantitative estimate of drug-likeness (QED) is 0.251. The molecule has 0 aliphatic heterocycles. The molecule has 0 fully saturated rings. The van der Waals surface area contributed by atoms with Crippen LogP contribution in [0.25, 0.3) is 0 Å². The van der Waals surface area contributed by atoms with E-state index in [1.807, 2.05) is 37.3 Å². The number of carbonyl (C=O) groups excluding carboxylic acids is 1. The van der Waals surface area contributed by atoms with Crippen LogP contribution in [0.1, 0.15) is 24.9 Å². The summed E-state index contributed by atoms with van der Waals surface area (Å²) in [6.07, 6.45) is 0.333. The van der Waals surface area contributed by atoms with Crippen LogP contribution in [-0.2, 0) is 4.79 Å². The van der Waals surface area contributed by atoms with E-state index in [1.165, 1.54) is 0 Å². The smallest absolute Gasteiger partial charge is 0.233 e. The first kappa shape index (κ1) is 15.0. The molecule has 1 atom stereocenters. The first-order valence-electron chi connectivity index (χ1n) is 6.18. The van der Waals surface area contributed by atoms with Crippen LogP contribution in [0.15, 0.2) is 35.5 Å². The molecular formula is C13H20N4O2. The fourth-order valence-electron chi connectivity index (χ4n) is 1.72. The molecule has 0 spiro atoms. The zero-order chi connectivity index (χ0) is 14.1. The van der Waals surface area contributed by atoms with Gasteiger partial charge in [0, 0.05) is 19.0 Å². The molecule has 104 valence electrons. The Morgan fingerprint density at radius 1 is 1.42 bits per heavy atom. The van der Waals surface area contributed by atoms with Crippen LogP contribution >= 0.6 is 0 Å². The van der Waals surface area contributed by atoms with E-state index in [2.05, 4.69) is 15.8 Å². The van der Waals surface area contributed by atoms with Crippen molar-refractivity contribution >= 4 is 11.7 Å². The minimum absolute atomic E-state index is 0.0806. The summed E-state index contributed by atoms with van der Waals surface area (Å²) in [6.45, 7) is 2.64. The van der Waals surface area contributed by atoms with Crippen molar-refractivity contribution in [2.45, 2.75) is 19.4 Å². The Kier molecular flexibility index (Phi) is 6.38. The average molecular weight is 264 g/mol. The second-order valence-electron chi connectivity index (χ2n) is 4.09. The summed E-state index contributed by atoms with van der Waals surface area (Å²) in [5.74, 6) is 0.0418. The highest BCUT2D eigenvalue weighted by atomic mass is 16.4. The molecule has 1 unspecified atom stereocenters. The minimum Gasteiger partial charge on any atom is -0.409 e. The van der Waals surface area contributed by atoms with E-state index in [0.29, 0.717) is 13.0 Å². The topological polar surface area (TPSA) is 99.7 Å². The second-order valence-corrected chi connectivity index (χ2v) is 4.09. The number of oxime groups is 1. The van der Waals surface area contributed by atoms with E-state index < -0.39 is 0 Å². The predicted molar refractivity (Wildman–Crippen MR) is 73.9 cm³/mol. The number of amidine groups is 1. The van der Waals surface area contributed by atoms with Crippen LogP contribution in [0.4, 0.5) is 0 Å². The molecule has 5 N–H and O–H groups in total. The minimum atomic E-state index is -0.167. The molecule has 19 heavy (non-hydrogen) atoms. The third-order valence-corrected chi connectivity index (χ3v) is 2.63. The summed E-state index contributed by atoms with van der Waals surface area (Å²) < 4.78 is 0. The summed E-state index contributed by atoms with van der Waals surface area (Å²) >= 11 is 0. The van der Waals surface area contributed by atoms with Crippen molar-refractivity contribution in [3.8, 4) is 0 Å². The highest BCUT2D eigenvalue weighted by Crippen LogP contribution is 2.15. The largest absolute Gasteiger partial charge is 0.409 e.